The van der Waals surface area contributed by atoms with Crippen LogP contribution in [0.15, 0.2) is 54.7 Å². The van der Waals surface area contributed by atoms with E-state index in [1.807, 2.05) is 12.1 Å². The highest BCUT2D eigenvalue weighted by molar-refractivity contribution is 5.59. The van der Waals surface area contributed by atoms with E-state index in [1.165, 1.54) is 22.6 Å². The minimum Gasteiger partial charge on any atom is -1.00 e. The fourth-order valence-corrected chi connectivity index (χ4v) is 3.52. The van der Waals surface area contributed by atoms with Crippen LogP contribution >= 0.6 is 0 Å². The Hall–Kier alpha value is -2.47. The van der Waals surface area contributed by atoms with Gasteiger partial charge in [0.05, 0.1) is 17.9 Å². The fourth-order valence-electron chi connectivity index (χ4n) is 3.52. The zero-order valence-corrected chi connectivity index (χ0v) is 16.1. The molecule has 1 aliphatic rings. The van der Waals surface area contributed by atoms with Crippen LogP contribution in [0.4, 0.5) is 5.69 Å². The van der Waals surface area contributed by atoms with Crippen molar-refractivity contribution in [2.75, 3.05) is 0 Å². The summed E-state index contributed by atoms with van der Waals surface area (Å²) in [4.78, 5) is 10.4. The third kappa shape index (κ3) is 3.42. The van der Waals surface area contributed by atoms with Gasteiger partial charge in [0.15, 0.2) is 5.69 Å². The van der Waals surface area contributed by atoms with Crippen molar-refractivity contribution in [1.29, 1.82) is 0 Å². The quantitative estimate of drug-likeness (QED) is 0.358. The Kier molecular flexibility index (Phi) is 5.23. The second-order valence-corrected chi connectivity index (χ2v) is 6.60. The maximum Gasteiger partial charge on any atom is 0.269 e. The molecule has 134 valence electrons. The number of nitro benzene ring substituents is 1. The number of fused-ring (bicyclic) bond motifs is 1. The first-order chi connectivity index (χ1) is 12.1. The van der Waals surface area contributed by atoms with E-state index in [2.05, 4.69) is 46.5 Å². The van der Waals surface area contributed by atoms with Crippen LogP contribution < -0.4 is 21.5 Å². The minimum atomic E-state index is -0.359. The lowest BCUT2D eigenvalue weighted by molar-refractivity contribution is -0.694. The molecule has 4 rings (SSSR count). The number of hydrogen-bond donors (Lipinski definition) is 0. The van der Waals surface area contributed by atoms with E-state index in [0.29, 0.717) is 0 Å². The molecule has 0 unspecified atom stereocenters. The van der Waals surface area contributed by atoms with E-state index in [-0.39, 0.29) is 27.6 Å². The van der Waals surface area contributed by atoms with Gasteiger partial charge in [0.1, 0.15) is 12.7 Å². The second-order valence-electron chi connectivity index (χ2n) is 6.60. The van der Waals surface area contributed by atoms with E-state index < -0.39 is 0 Å². The van der Waals surface area contributed by atoms with Gasteiger partial charge < -0.3 is 17.0 Å². The number of non-ortho nitro benzene ring substituents is 1. The van der Waals surface area contributed by atoms with E-state index in [1.54, 1.807) is 12.1 Å². The fraction of sp³-hybridized carbons (Fsp3) is 0.250. The lowest BCUT2D eigenvalue weighted by atomic mass is 10.1. The molecule has 0 saturated carbocycles. The van der Waals surface area contributed by atoms with Crippen LogP contribution in [0.2, 0.25) is 0 Å². The maximum atomic E-state index is 10.8. The molecule has 0 bridgehead atoms. The lowest BCUT2D eigenvalue weighted by Crippen LogP contribution is -3.00. The Labute approximate surface area is 162 Å². The van der Waals surface area contributed by atoms with Crippen molar-refractivity contribution in [1.82, 2.24) is 4.57 Å². The van der Waals surface area contributed by atoms with Crippen LogP contribution in [-0.4, -0.2) is 9.49 Å². The molecule has 0 saturated heterocycles. The first-order valence-corrected chi connectivity index (χ1v) is 8.54. The van der Waals surface area contributed by atoms with Crippen molar-refractivity contribution in [3.63, 3.8) is 0 Å². The monoisotopic (exact) mass is 413 g/mol. The molecule has 5 nitrogen and oxygen atoms in total. The van der Waals surface area contributed by atoms with Crippen LogP contribution in [0.25, 0.3) is 11.3 Å². The maximum absolute atomic E-state index is 10.8. The molecule has 3 aromatic rings. The molecule has 0 N–H and O–H groups in total. The summed E-state index contributed by atoms with van der Waals surface area (Å²) in [7, 11) is 0. The normalized spacial score (nSPS) is 12.5. The van der Waals surface area contributed by atoms with Gasteiger partial charge in [-0.05, 0) is 31.0 Å². The van der Waals surface area contributed by atoms with E-state index in [4.69, 9.17) is 0 Å². The van der Waals surface area contributed by atoms with Crippen LogP contribution in [-0.2, 0) is 19.5 Å². The van der Waals surface area contributed by atoms with Crippen molar-refractivity contribution in [2.24, 2.45) is 0 Å². The minimum absolute atomic E-state index is 0. The smallest absolute Gasteiger partial charge is 0.269 e. The van der Waals surface area contributed by atoms with Crippen LogP contribution in [0, 0.1) is 17.0 Å². The third-order valence-electron chi connectivity index (χ3n) is 4.84. The summed E-state index contributed by atoms with van der Waals surface area (Å²) >= 11 is 0. The van der Waals surface area contributed by atoms with E-state index in [9.17, 15) is 10.1 Å². The van der Waals surface area contributed by atoms with Crippen LogP contribution in [0.5, 0.6) is 0 Å². The molecule has 1 aliphatic heterocycles. The molecule has 0 aliphatic carbocycles. The number of aromatic nitrogens is 2. The number of aryl methyl sites for hydroxylation is 1. The van der Waals surface area contributed by atoms with Gasteiger partial charge in [-0.25, -0.2) is 9.13 Å². The highest BCUT2D eigenvalue weighted by Gasteiger charge is 2.28. The Morgan fingerprint density at radius 3 is 2.46 bits per heavy atom. The average Bonchev–Trinajstić information content (AvgIpc) is 3.20. The molecular formula is C20H20BrN3O2. The van der Waals surface area contributed by atoms with Crippen molar-refractivity contribution in [3.05, 3.63) is 81.8 Å². The Morgan fingerprint density at radius 2 is 1.81 bits per heavy atom. The summed E-state index contributed by atoms with van der Waals surface area (Å²) in [5, 5.41) is 10.8. The summed E-state index contributed by atoms with van der Waals surface area (Å²) in [6.45, 7) is 3.88. The van der Waals surface area contributed by atoms with E-state index >= 15 is 0 Å². The summed E-state index contributed by atoms with van der Waals surface area (Å²) in [5.74, 6) is 1.33. The average molecular weight is 414 g/mol. The summed E-state index contributed by atoms with van der Waals surface area (Å²) < 4.78 is 4.68. The Bertz CT molecular complexity index is 931. The highest BCUT2D eigenvalue weighted by Crippen LogP contribution is 2.25. The molecule has 0 atom stereocenters. The second kappa shape index (κ2) is 7.41. The summed E-state index contributed by atoms with van der Waals surface area (Å²) in [6, 6.07) is 15.5. The molecule has 0 spiro atoms. The molecule has 0 radical (unpaired) electrons. The van der Waals surface area contributed by atoms with Crippen molar-refractivity contribution in [2.45, 2.75) is 32.9 Å². The molecule has 0 amide bonds. The number of hydrogen-bond acceptors (Lipinski definition) is 2. The topological polar surface area (TPSA) is 51.9 Å². The predicted molar refractivity (Wildman–Crippen MR) is 95.3 cm³/mol. The molecule has 6 heteroatoms. The largest absolute Gasteiger partial charge is 1.00 e. The zero-order chi connectivity index (χ0) is 17.4. The lowest BCUT2D eigenvalue weighted by Gasteiger charge is -2.00. The van der Waals surface area contributed by atoms with Gasteiger partial charge in [0, 0.05) is 17.7 Å². The molecule has 0 fully saturated rings. The van der Waals surface area contributed by atoms with Gasteiger partial charge in [0.25, 0.3) is 11.5 Å². The van der Waals surface area contributed by atoms with Gasteiger partial charge in [-0.1, -0.05) is 29.8 Å². The number of nitro groups is 1. The third-order valence-corrected chi connectivity index (χ3v) is 4.84. The Balaban J connectivity index is 0.00000196. The SMILES string of the molecule is Cc1ccc(-c2c[n+](Cc3ccc([N+](=O)[O-])cc3)c3n2CCC3)cc1.[Br-]. The van der Waals surface area contributed by atoms with Crippen LogP contribution in [0.1, 0.15) is 23.4 Å². The van der Waals surface area contributed by atoms with Gasteiger partial charge >= 0.3 is 0 Å². The molecule has 26 heavy (non-hydrogen) atoms. The van der Waals surface area contributed by atoms with Crippen molar-refractivity contribution in [3.8, 4) is 11.3 Å². The number of halogens is 1. The van der Waals surface area contributed by atoms with E-state index in [0.717, 1.165) is 31.5 Å². The van der Waals surface area contributed by atoms with Gasteiger partial charge in [-0.3, -0.25) is 10.1 Å². The molecular weight excluding hydrogens is 394 g/mol. The summed E-state index contributed by atoms with van der Waals surface area (Å²) in [6.07, 6.45) is 4.44. The van der Waals surface area contributed by atoms with Gasteiger partial charge in [-0.15, -0.1) is 0 Å². The number of nitrogens with zero attached hydrogens (tertiary/aromatic N) is 3. The zero-order valence-electron chi connectivity index (χ0n) is 14.6. The number of benzene rings is 2. The van der Waals surface area contributed by atoms with Crippen molar-refractivity contribution >= 4 is 5.69 Å². The van der Waals surface area contributed by atoms with Gasteiger partial charge in [-0.2, -0.15) is 0 Å². The highest BCUT2D eigenvalue weighted by atomic mass is 79.9. The first-order valence-electron chi connectivity index (χ1n) is 8.54. The standard InChI is InChI=1S/C20H20N3O2.BrH/c1-15-4-8-17(9-5-15)19-14-21(20-3-2-12-22(19)20)13-16-6-10-18(11-7-16)23(24)25;/h4-11,14H,2-3,12-13H2,1H3;1H/q+1;/p-1. The molecule has 2 aromatic carbocycles. The Morgan fingerprint density at radius 1 is 1.12 bits per heavy atom. The molecule has 2 heterocycles. The van der Waals surface area contributed by atoms with Crippen molar-refractivity contribution < 1.29 is 26.5 Å². The summed E-state index contributed by atoms with van der Waals surface area (Å²) in [5.41, 5.74) is 4.95. The predicted octanol–water partition coefficient (Wildman–Crippen LogP) is 0.658. The number of rotatable bonds is 4. The molecule has 1 aromatic heterocycles. The first kappa shape index (κ1) is 18.3. The number of imidazole rings is 1. The van der Waals surface area contributed by atoms with Crippen LogP contribution in [0.3, 0.4) is 0 Å². The van der Waals surface area contributed by atoms with Gasteiger partial charge in [0.2, 0.25) is 0 Å².